The van der Waals surface area contributed by atoms with E-state index in [2.05, 4.69) is 44.6 Å². The number of piperazine rings is 1. The van der Waals surface area contributed by atoms with Crippen LogP contribution >= 0.6 is 11.3 Å². The molecule has 1 aromatic heterocycles. The summed E-state index contributed by atoms with van der Waals surface area (Å²) >= 11 is 1.57. The molecule has 0 aliphatic carbocycles. The molecular weight excluding hydrogens is 406 g/mol. The molecule has 31 heavy (non-hydrogen) atoms. The summed E-state index contributed by atoms with van der Waals surface area (Å²) in [5.74, 6) is -0.106. The van der Waals surface area contributed by atoms with Gasteiger partial charge < -0.3 is 15.5 Å². The number of nitrogens with one attached hydrogen (secondary N) is 2. The number of anilines is 3. The fraction of sp³-hybridized carbons (Fsp3) is 0.333. The van der Waals surface area contributed by atoms with Crippen LogP contribution in [0.2, 0.25) is 0 Å². The lowest BCUT2D eigenvalue weighted by Gasteiger charge is -2.32. The summed E-state index contributed by atoms with van der Waals surface area (Å²) in [6, 6.07) is 13.8. The monoisotopic (exact) mass is 435 g/mol. The first-order valence-electron chi connectivity index (χ1n) is 10.6. The van der Waals surface area contributed by atoms with Crippen molar-refractivity contribution in [3.05, 3.63) is 70.2 Å². The fourth-order valence-electron chi connectivity index (χ4n) is 3.59. The minimum Gasteiger partial charge on any atom is -0.331 e. The number of aromatic nitrogens is 1. The maximum Gasteiger partial charge on any atom is 0.255 e. The SMILES string of the molecule is Cc1csc(Nc2cc(NC(=O)c3ccc(CN4CCN(C)CC4)cc3)ccc2C)n1. The predicted octanol–water partition coefficient (Wildman–Crippen LogP) is 4.50. The number of amides is 1. The number of hydrogen-bond donors (Lipinski definition) is 2. The van der Waals surface area contributed by atoms with Crippen LogP contribution in [0.3, 0.4) is 0 Å². The molecule has 2 N–H and O–H groups in total. The summed E-state index contributed by atoms with van der Waals surface area (Å²) in [4.78, 5) is 22.0. The smallest absolute Gasteiger partial charge is 0.255 e. The van der Waals surface area contributed by atoms with Crippen molar-refractivity contribution < 1.29 is 4.79 Å². The van der Waals surface area contributed by atoms with Crippen molar-refractivity contribution in [3.8, 4) is 0 Å². The summed E-state index contributed by atoms with van der Waals surface area (Å²) in [6.45, 7) is 9.33. The lowest BCUT2D eigenvalue weighted by molar-refractivity contribution is 0.102. The van der Waals surface area contributed by atoms with E-state index in [9.17, 15) is 4.79 Å². The molecule has 0 atom stereocenters. The highest BCUT2D eigenvalue weighted by Gasteiger charge is 2.14. The van der Waals surface area contributed by atoms with Crippen molar-refractivity contribution in [3.63, 3.8) is 0 Å². The second kappa shape index (κ2) is 9.60. The number of benzene rings is 2. The number of carbonyl (C=O) groups excluding carboxylic acids is 1. The lowest BCUT2D eigenvalue weighted by Crippen LogP contribution is -2.43. The van der Waals surface area contributed by atoms with Crippen LogP contribution in [-0.2, 0) is 6.54 Å². The van der Waals surface area contributed by atoms with Gasteiger partial charge in [0.15, 0.2) is 5.13 Å². The third-order valence-corrected chi connectivity index (χ3v) is 6.45. The minimum absolute atomic E-state index is 0.106. The van der Waals surface area contributed by atoms with Crippen LogP contribution in [0.4, 0.5) is 16.5 Å². The summed E-state index contributed by atoms with van der Waals surface area (Å²) in [5, 5.41) is 9.21. The second-order valence-electron chi connectivity index (χ2n) is 8.18. The van der Waals surface area contributed by atoms with Gasteiger partial charge in [-0.25, -0.2) is 4.98 Å². The van der Waals surface area contributed by atoms with Crippen molar-refractivity contribution in [2.24, 2.45) is 0 Å². The Bertz CT molecular complexity index is 1040. The first-order chi connectivity index (χ1) is 15.0. The Morgan fingerprint density at radius 1 is 1.06 bits per heavy atom. The van der Waals surface area contributed by atoms with Gasteiger partial charge in [-0.05, 0) is 56.3 Å². The maximum atomic E-state index is 12.8. The Morgan fingerprint density at radius 2 is 1.81 bits per heavy atom. The summed E-state index contributed by atoms with van der Waals surface area (Å²) in [5.41, 5.74) is 5.68. The molecule has 0 bridgehead atoms. The van der Waals surface area contributed by atoms with E-state index >= 15 is 0 Å². The normalized spacial score (nSPS) is 15.1. The average molecular weight is 436 g/mol. The quantitative estimate of drug-likeness (QED) is 0.597. The Labute approximate surface area is 187 Å². The number of hydrogen-bond acceptors (Lipinski definition) is 6. The molecule has 2 heterocycles. The molecule has 7 heteroatoms. The first kappa shape index (κ1) is 21.5. The Morgan fingerprint density at radius 3 is 2.48 bits per heavy atom. The van der Waals surface area contributed by atoms with Crippen molar-refractivity contribution in [1.82, 2.24) is 14.8 Å². The van der Waals surface area contributed by atoms with Gasteiger partial charge in [-0.15, -0.1) is 11.3 Å². The van der Waals surface area contributed by atoms with E-state index in [0.29, 0.717) is 5.56 Å². The molecule has 0 unspecified atom stereocenters. The highest BCUT2D eigenvalue weighted by atomic mass is 32.1. The minimum atomic E-state index is -0.106. The van der Waals surface area contributed by atoms with Gasteiger partial charge in [0.2, 0.25) is 0 Å². The maximum absolute atomic E-state index is 12.8. The Balaban J connectivity index is 1.38. The van der Waals surface area contributed by atoms with E-state index in [4.69, 9.17) is 0 Å². The van der Waals surface area contributed by atoms with Crippen LogP contribution in [0, 0.1) is 13.8 Å². The lowest BCUT2D eigenvalue weighted by atomic mass is 10.1. The van der Waals surface area contributed by atoms with Crippen molar-refractivity contribution in [1.29, 1.82) is 0 Å². The van der Waals surface area contributed by atoms with Crippen molar-refractivity contribution >= 4 is 33.8 Å². The molecule has 2 aromatic carbocycles. The van der Waals surface area contributed by atoms with E-state index < -0.39 is 0 Å². The predicted molar refractivity (Wildman–Crippen MR) is 128 cm³/mol. The zero-order valence-electron chi connectivity index (χ0n) is 18.3. The molecule has 1 amide bonds. The van der Waals surface area contributed by atoms with Crippen molar-refractivity contribution in [2.75, 3.05) is 43.9 Å². The zero-order chi connectivity index (χ0) is 21.8. The van der Waals surface area contributed by atoms with Gasteiger partial charge in [0, 0.05) is 55.0 Å². The third-order valence-electron chi connectivity index (χ3n) is 5.57. The van der Waals surface area contributed by atoms with Gasteiger partial charge >= 0.3 is 0 Å². The highest BCUT2D eigenvalue weighted by Crippen LogP contribution is 2.26. The van der Waals surface area contributed by atoms with Gasteiger partial charge in [0.05, 0.1) is 5.69 Å². The second-order valence-corrected chi connectivity index (χ2v) is 9.04. The largest absolute Gasteiger partial charge is 0.331 e. The van der Waals surface area contributed by atoms with Crippen LogP contribution in [0.1, 0.15) is 27.2 Å². The van der Waals surface area contributed by atoms with Gasteiger partial charge in [-0.2, -0.15) is 0 Å². The van der Waals surface area contributed by atoms with Crippen molar-refractivity contribution in [2.45, 2.75) is 20.4 Å². The zero-order valence-corrected chi connectivity index (χ0v) is 19.1. The summed E-state index contributed by atoms with van der Waals surface area (Å²) in [6.07, 6.45) is 0. The van der Waals surface area contributed by atoms with Gasteiger partial charge in [-0.3, -0.25) is 9.69 Å². The van der Waals surface area contributed by atoms with Crippen LogP contribution in [-0.4, -0.2) is 53.9 Å². The van der Waals surface area contributed by atoms with Crippen LogP contribution < -0.4 is 10.6 Å². The molecule has 0 spiro atoms. The third kappa shape index (κ3) is 5.70. The van der Waals surface area contributed by atoms with E-state index in [1.54, 1.807) is 11.3 Å². The average Bonchev–Trinajstić information content (AvgIpc) is 3.17. The molecule has 1 aliphatic rings. The van der Waals surface area contributed by atoms with Gasteiger partial charge in [-0.1, -0.05) is 18.2 Å². The molecule has 0 saturated carbocycles. The number of carbonyl (C=O) groups is 1. The van der Waals surface area contributed by atoms with E-state index in [1.807, 2.05) is 49.6 Å². The number of likely N-dealkylation sites (N-methyl/N-ethyl adjacent to an activating group) is 1. The standard InChI is InChI=1S/C24H29N5OS/c1-17-4-9-21(14-22(17)27-24-25-18(2)16-31-24)26-23(30)20-7-5-19(6-8-20)15-29-12-10-28(3)11-13-29/h4-9,14,16H,10-13,15H2,1-3H3,(H,25,27)(H,26,30). The van der Waals surface area contributed by atoms with Crippen LogP contribution in [0.5, 0.6) is 0 Å². The molecule has 3 aromatic rings. The molecule has 1 fully saturated rings. The summed E-state index contributed by atoms with van der Waals surface area (Å²) in [7, 11) is 2.16. The number of thiazole rings is 1. The fourth-order valence-corrected chi connectivity index (χ4v) is 4.29. The van der Waals surface area contributed by atoms with Crippen LogP contribution in [0.25, 0.3) is 0 Å². The topological polar surface area (TPSA) is 60.5 Å². The van der Waals surface area contributed by atoms with E-state index in [0.717, 1.165) is 60.5 Å². The summed E-state index contributed by atoms with van der Waals surface area (Å²) < 4.78 is 0. The number of rotatable bonds is 6. The molecule has 0 radical (unpaired) electrons. The molecular formula is C24H29N5OS. The molecule has 4 rings (SSSR count). The van der Waals surface area contributed by atoms with Crippen LogP contribution in [0.15, 0.2) is 47.8 Å². The molecule has 6 nitrogen and oxygen atoms in total. The highest BCUT2D eigenvalue weighted by molar-refractivity contribution is 7.13. The van der Waals surface area contributed by atoms with Gasteiger partial charge in [0.25, 0.3) is 5.91 Å². The Kier molecular flexibility index (Phi) is 6.65. The molecule has 1 aliphatic heterocycles. The Hall–Kier alpha value is -2.74. The first-order valence-corrected chi connectivity index (χ1v) is 11.5. The van der Waals surface area contributed by atoms with E-state index in [1.165, 1.54) is 5.56 Å². The number of aryl methyl sites for hydroxylation is 2. The molecule has 1 saturated heterocycles. The van der Waals surface area contributed by atoms with Gasteiger partial charge in [0.1, 0.15) is 0 Å². The number of nitrogens with zero attached hydrogens (tertiary/aromatic N) is 3. The van der Waals surface area contributed by atoms with E-state index in [-0.39, 0.29) is 5.91 Å². The molecule has 162 valence electrons.